The second-order valence-corrected chi connectivity index (χ2v) is 6.16. The molecule has 132 valence electrons. The summed E-state index contributed by atoms with van der Waals surface area (Å²) in [6.07, 6.45) is -3.84. The highest BCUT2D eigenvalue weighted by atomic mass is 19.4. The SMILES string of the molecule is CC1(C(=O)O)CCCN(C(=O)Cc2cccc(OC(F)(F)F)c2)C1. The molecule has 1 aromatic rings. The quantitative estimate of drug-likeness (QED) is 0.911. The summed E-state index contributed by atoms with van der Waals surface area (Å²) >= 11 is 0. The van der Waals surface area contributed by atoms with Crippen molar-refractivity contribution >= 4 is 11.9 Å². The number of carboxylic acid groups (broad SMARTS) is 1. The molecule has 1 unspecified atom stereocenters. The van der Waals surface area contributed by atoms with Crippen LogP contribution in [0.3, 0.4) is 0 Å². The number of ether oxygens (including phenoxy) is 1. The van der Waals surface area contributed by atoms with Crippen LogP contribution >= 0.6 is 0 Å². The molecule has 0 saturated carbocycles. The lowest BCUT2D eigenvalue weighted by molar-refractivity contribution is -0.274. The number of aliphatic carboxylic acids is 1. The maximum Gasteiger partial charge on any atom is 0.573 e. The number of carbonyl (C=O) groups excluding carboxylic acids is 1. The van der Waals surface area contributed by atoms with Crippen LogP contribution < -0.4 is 4.74 Å². The summed E-state index contributed by atoms with van der Waals surface area (Å²) in [6, 6.07) is 5.22. The van der Waals surface area contributed by atoms with Gasteiger partial charge in [0.1, 0.15) is 5.75 Å². The van der Waals surface area contributed by atoms with Gasteiger partial charge in [-0.05, 0) is 37.5 Å². The first kappa shape index (κ1) is 18.1. The highest BCUT2D eigenvalue weighted by Gasteiger charge is 2.39. The van der Waals surface area contributed by atoms with E-state index in [0.29, 0.717) is 24.9 Å². The highest BCUT2D eigenvalue weighted by Crippen LogP contribution is 2.30. The topological polar surface area (TPSA) is 66.8 Å². The molecular formula is C16H18F3NO4. The molecule has 1 aliphatic heterocycles. The number of benzene rings is 1. The van der Waals surface area contributed by atoms with E-state index < -0.39 is 17.7 Å². The largest absolute Gasteiger partial charge is 0.573 e. The minimum Gasteiger partial charge on any atom is -0.481 e. The Kier molecular flexibility index (Phi) is 5.05. The monoisotopic (exact) mass is 345 g/mol. The molecule has 0 aliphatic carbocycles. The Morgan fingerprint density at radius 3 is 2.71 bits per heavy atom. The van der Waals surface area contributed by atoms with Crippen LogP contribution in [0.15, 0.2) is 24.3 Å². The first-order chi connectivity index (χ1) is 11.1. The maximum absolute atomic E-state index is 12.3. The van der Waals surface area contributed by atoms with Gasteiger partial charge in [0.25, 0.3) is 0 Å². The van der Waals surface area contributed by atoms with Gasteiger partial charge in [-0.25, -0.2) is 0 Å². The van der Waals surface area contributed by atoms with Crippen LogP contribution in [0.2, 0.25) is 0 Å². The van der Waals surface area contributed by atoms with E-state index in [2.05, 4.69) is 4.74 Å². The van der Waals surface area contributed by atoms with Crippen LogP contribution in [0.5, 0.6) is 5.75 Å². The van der Waals surface area contributed by atoms with E-state index >= 15 is 0 Å². The Morgan fingerprint density at radius 1 is 1.38 bits per heavy atom. The van der Waals surface area contributed by atoms with E-state index in [1.165, 1.54) is 17.0 Å². The lowest BCUT2D eigenvalue weighted by Gasteiger charge is -2.37. The summed E-state index contributed by atoms with van der Waals surface area (Å²) < 4.78 is 40.5. The van der Waals surface area contributed by atoms with Crippen LogP contribution in [-0.2, 0) is 16.0 Å². The zero-order valence-electron chi connectivity index (χ0n) is 13.1. The van der Waals surface area contributed by atoms with Crippen molar-refractivity contribution in [2.24, 2.45) is 5.41 Å². The minimum atomic E-state index is -4.79. The molecular weight excluding hydrogens is 327 g/mol. The Hall–Kier alpha value is -2.25. The van der Waals surface area contributed by atoms with Crippen molar-refractivity contribution in [3.63, 3.8) is 0 Å². The number of halogens is 3. The van der Waals surface area contributed by atoms with Crippen molar-refractivity contribution < 1.29 is 32.6 Å². The fourth-order valence-corrected chi connectivity index (χ4v) is 2.77. The van der Waals surface area contributed by atoms with Gasteiger partial charge in [-0.2, -0.15) is 0 Å². The Balaban J connectivity index is 2.04. The van der Waals surface area contributed by atoms with Gasteiger partial charge < -0.3 is 14.7 Å². The number of carboxylic acids is 1. The Labute approximate surface area is 137 Å². The second kappa shape index (κ2) is 6.70. The lowest BCUT2D eigenvalue weighted by Crippen LogP contribution is -2.48. The lowest BCUT2D eigenvalue weighted by atomic mass is 9.82. The summed E-state index contributed by atoms with van der Waals surface area (Å²) in [5.74, 6) is -1.66. The number of hydrogen-bond acceptors (Lipinski definition) is 3. The third kappa shape index (κ3) is 4.62. The van der Waals surface area contributed by atoms with E-state index in [-0.39, 0.29) is 24.6 Å². The molecule has 1 N–H and O–H groups in total. The van der Waals surface area contributed by atoms with Crippen molar-refractivity contribution in [1.29, 1.82) is 0 Å². The predicted molar refractivity (Wildman–Crippen MR) is 78.4 cm³/mol. The van der Waals surface area contributed by atoms with Crippen LogP contribution in [0, 0.1) is 5.41 Å². The molecule has 0 spiro atoms. The Morgan fingerprint density at radius 2 is 2.08 bits per heavy atom. The zero-order chi connectivity index (χ0) is 18.0. The number of piperidine rings is 1. The van der Waals surface area contributed by atoms with Gasteiger partial charge in [0, 0.05) is 13.1 Å². The summed E-state index contributed by atoms with van der Waals surface area (Å²) in [5.41, 5.74) is -0.612. The second-order valence-electron chi connectivity index (χ2n) is 6.16. The fourth-order valence-electron chi connectivity index (χ4n) is 2.77. The summed E-state index contributed by atoms with van der Waals surface area (Å²) in [7, 11) is 0. The average molecular weight is 345 g/mol. The van der Waals surface area contributed by atoms with Gasteiger partial charge in [-0.15, -0.1) is 13.2 Å². The molecule has 1 aromatic carbocycles. The standard InChI is InChI=1S/C16H18F3NO4/c1-15(14(22)23)6-3-7-20(10-15)13(21)9-11-4-2-5-12(8-11)24-16(17,18)19/h2,4-5,8H,3,6-7,9-10H2,1H3,(H,22,23). The van der Waals surface area contributed by atoms with Gasteiger partial charge >= 0.3 is 12.3 Å². The molecule has 1 saturated heterocycles. The minimum absolute atomic E-state index is 0.0971. The molecule has 5 nitrogen and oxygen atoms in total. The summed E-state index contributed by atoms with van der Waals surface area (Å²) in [4.78, 5) is 25.1. The highest BCUT2D eigenvalue weighted by molar-refractivity contribution is 5.81. The maximum atomic E-state index is 12.3. The van der Waals surface area contributed by atoms with Gasteiger partial charge in [0.2, 0.25) is 5.91 Å². The predicted octanol–water partition coefficient (Wildman–Crippen LogP) is 2.84. The Bertz CT molecular complexity index is 632. The first-order valence-corrected chi connectivity index (χ1v) is 7.45. The molecule has 2 rings (SSSR count). The number of amides is 1. The molecule has 24 heavy (non-hydrogen) atoms. The van der Waals surface area contributed by atoms with Crippen molar-refractivity contribution in [1.82, 2.24) is 4.90 Å². The van der Waals surface area contributed by atoms with E-state index in [1.54, 1.807) is 6.92 Å². The van der Waals surface area contributed by atoms with Crippen molar-refractivity contribution in [3.05, 3.63) is 29.8 Å². The van der Waals surface area contributed by atoms with E-state index in [4.69, 9.17) is 0 Å². The molecule has 1 amide bonds. The number of nitrogens with zero attached hydrogens (tertiary/aromatic N) is 1. The van der Waals surface area contributed by atoms with E-state index in [1.807, 2.05) is 0 Å². The molecule has 8 heteroatoms. The molecule has 0 bridgehead atoms. The average Bonchev–Trinajstić information content (AvgIpc) is 2.45. The number of likely N-dealkylation sites (tertiary alicyclic amines) is 1. The van der Waals surface area contributed by atoms with Gasteiger partial charge in [-0.1, -0.05) is 12.1 Å². The summed E-state index contributed by atoms with van der Waals surface area (Å²) in [5, 5.41) is 9.27. The van der Waals surface area contributed by atoms with Crippen LogP contribution in [0.4, 0.5) is 13.2 Å². The number of carbonyl (C=O) groups is 2. The molecule has 1 aliphatic rings. The number of hydrogen-bond donors (Lipinski definition) is 1. The van der Waals surface area contributed by atoms with Crippen LogP contribution in [0.1, 0.15) is 25.3 Å². The van der Waals surface area contributed by atoms with E-state index in [9.17, 15) is 27.9 Å². The third-order valence-electron chi connectivity index (χ3n) is 4.05. The number of alkyl halides is 3. The van der Waals surface area contributed by atoms with Crippen LogP contribution in [-0.4, -0.2) is 41.3 Å². The van der Waals surface area contributed by atoms with Crippen molar-refractivity contribution in [2.45, 2.75) is 32.5 Å². The summed E-state index contributed by atoms with van der Waals surface area (Å²) in [6.45, 7) is 2.13. The van der Waals surface area contributed by atoms with Crippen molar-refractivity contribution in [2.75, 3.05) is 13.1 Å². The van der Waals surface area contributed by atoms with Gasteiger partial charge in [0.05, 0.1) is 11.8 Å². The van der Waals surface area contributed by atoms with Crippen LogP contribution in [0.25, 0.3) is 0 Å². The third-order valence-corrected chi connectivity index (χ3v) is 4.05. The normalized spacial score (nSPS) is 21.4. The van der Waals surface area contributed by atoms with Gasteiger partial charge in [0.15, 0.2) is 0 Å². The molecule has 0 radical (unpaired) electrons. The van der Waals surface area contributed by atoms with Gasteiger partial charge in [-0.3, -0.25) is 9.59 Å². The molecule has 1 heterocycles. The smallest absolute Gasteiger partial charge is 0.481 e. The van der Waals surface area contributed by atoms with Crippen molar-refractivity contribution in [3.8, 4) is 5.75 Å². The molecule has 0 aromatic heterocycles. The fraction of sp³-hybridized carbons (Fsp3) is 0.500. The first-order valence-electron chi connectivity index (χ1n) is 7.45. The van der Waals surface area contributed by atoms with E-state index in [0.717, 1.165) is 12.1 Å². The molecule has 1 atom stereocenters. The zero-order valence-corrected chi connectivity index (χ0v) is 13.1. The molecule has 1 fully saturated rings. The number of rotatable bonds is 4.